The Labute approximate surface area is 177 Å². The normalized spacial score (nSPS) is 14.3. The summed E-state index contributed by atoms with van der Waals surface area (Å²) in [6.07, 6.45) is 5.56. The molecule has 1 aliphatic rings. The monoisotopic (exact) mass is 413 g/mol. The van der Waals surface area contributed by atoms with Crippen molar-refractivity contribution in [2.24, 2.45) is 0 Å². The van der Waals surface area contributed by atoms with Crippen LogP contribution < -0.4 is 16.0 Å². The predicted molar refractivity (Wildman–Crippen MR) is 119 cm³/mol. The lowest BCUT2D eigenvalue weighted by Crippen LogP contribution is -2.36. The first-order valence-corrected chi connectivity index (χ1v) is 10.5. The Hall–Kier alpha value is -2.53. The van der Waals surface area contributed by atoms with E-state index in [1.165, 1.54) is 6.42 Å². The average molecular weight is 414 g/mol. The molecule has 0 radical (unpaired) electrons. The van der Waals surface area contributed by atoms with Gasteiger partial charge in [0.1, 0.15) is 0 Å². The first-order valence-electron chi connectivity index (χ1n) is 10.1. The Morgan fingerprint density at radius 3 is 2.59 bits per heavy atom. The third-order valence-corrected chi connectivity index (χ3v) is 5.81. The molecule has 0 saturated heterocycles. The van der Waals surface area contributed by atoms with E-state index in [1.54, 1.807) is 18.2 Å². The van der Waals surface area contributed by atoms with Crippen LogP contribution in [0.3, 0.4) is 0 Å². The fourth-order valence-electron chi connectivity index (χ4n) is 3.58. The largest absolute Gasteiger partial charge is 0.376 e. The van der Waals surface area contributed by atoms with Crippen LogP contribution in [0.25, 0.3) is 0 Å². The zero-order valence-corrected chi connectivity index (χ0v) is 17.7. The van der Waals surface area contributed by atoms with Crippen molar-refractivity contribution < 1.29 is 9.59 Å². The van der Waals surface area contributed by atoms with Gasteiger partial charge in [-0.25, -0.2) is 0 Å². The van der Waals surface area contributed by atoms with E-state index in [1.807, 2.05) is 32.0 Å². The minimum atomic E-state index is -0.162. The number of carbonyl (C=O) groups is 2. The van der Waals surface area contributed by atoms with Crippen LogP contribution in [-0.2, 0) is 4.79 Å². The number of rotatable bonds is 6. The zero-order valence-electron chi connectivity index (χ0n) is 17.0. The second-order valence-electron chi connectivity index (χ2n) is 7.65. The van der Waals surface area contributed by atoms with E-state index >= 15 is 0 Å². The molecule has 2 aromatic rings. The smallest absolute Gasteiger partial charge is 0.253 e. The van der Waals surface area contributed by atoms with E-state index in [4.69, 9.17) is 11.6 Å². The maximum Gasteiger partial charge on any atom is 0.253 e. The van der Waals surface area contributed by atoms with Gasteiger partial charge in [-0.2, -0.15) is 0 Å². The first kappa shape index (κ1) is 21.2. The van der Waals surface area contributed by atoms with Crippen LogP contribution in [0, 0.1) is 13.8 Å². The highest BCUT2D eigenvalue weighted by Crippen LogP contribution is 2.23. The van der Waals surface area contributed by atoms with Crippen molar-refractivity contribution in [1.29, 1.82) is 0 Å². The number of benzene rings is 2. The standard InChI is InChI=1S/C23H28ClN3O2/c1-15-7-6-10-21(16(15)2)27-22(28)14-25-18-11-12-20(24)19(13-18)23(29)26-17-8-4-3-5-9-17/h6-7,10-13,17,25H,3-5,8-9,14H2,1-2H3,(H,26,29)(H,27,28). The summed E-state index contributed by atoms with van der Waals surface area (Å²) < 4.78 is 0. The van der Waals surface area contributed by atoms with Gasteiger partial charge in [-0.05, 0) is 62.1 Å². The molecule has 0 atom stereocenters. The molecule has 0 aliphatic heterocycles. The number of anilines is 2. The number of hydrogen-bond donors (Lipinski definition) is 3. The molecule has 29 heavy (non-hydrogen) atoms. The molecular formula is C23H28ClN3O2. The number of hydrogen-bond acceptors (Lipinski definition) is 3. The predicted octanol–water partition coefficient (Wildman–Crippen LogP) is 5.07. The molecule has 0 bridgehead atoms. The van der Waals surface area contributed by atoms with Gasteiger partial charge in [-0.15, -0.1) is 0 Å². The van der Waals surface area contributed by atoms with Gasteiger partial charge < -0.3 is 16.0 Å². The molecule has 0 aromatic heterocycles. The summed E-state index contributed by atoms with van der Waals surface area (Å²) in [5, 5.41) is 9.48. The summed E-state index contributed by atoms with van der Waals surface area (Å²) in [6.45, 7) is 4.09. The second-order valence-corrected chi connectivity index (χ2v) is 8.06. The van der Waals surface area contributed by atoms with E-state index < -0.39 is 0 Å². The Balaban J connectivity index is 1.59. The molecule has 0 heterocycles. The Kier molecular flexibility index (Phi) is 7.15. The quantitative estimate of drug-likeness (QED) is 0.619. The third-order valence-electron chi connectivity index (χ3n) is 5.48. The number of carbonyl (C=O) groups excluding carboxylic acids is 2. The third kappa shape index (κ3) is 5.73. The van der Waals surface area contributed by atoms with Crippen molar-refractivity contribution in [2.75, 3.05) is 17.2 Å². The van der Waals surface area contributed by atoms with E-state index in [0.29, 0.717) is 16.3 Å². The highest BCUT2D eigenvalue weighted by Gasteiger charge is 2.18. The second kappa shape index (κ2) is 9.79. The van der Waals surface area contributed by atoms with Gasteiger partial charge >= 0.3 is 0 Å². The average Bonchev–Trinajstić information content (AvgIpc) is 2.71. The van der Waals surface area contributed by atoms with Gasteiger partial charge in [-0.3, -0.25) is 9.59 Å². The van der Waals surface area contributed by atoms with Crippen LogP contribution >= 0.6 is 11.6 Å². The van der Waals surface area contributed by atoms with Crippen molar-refractivity contribution >= 4 is 34.8 Å². The lowest BCUT2D eigenvalue weighted by atomic mass is 9.95. The lowest BCUT2D eigenvalue weighted by molar-refractivity contribution is -0.114. The molecule has 3 N–H and O–H groups in total. The summed E-state index contributed by atoms with van der Waals surface area (Å²) in [4.78, 5) is 25.0. The molecule has 2 aromatic carbocycles. The van der Waals surface area contributed by atoms with Crippen molar-refractivity contribution in [1.82, 2.24) is 5.32 Å². The molecule has 0 spiro atoms. The Morgan fingerprint density at radius 2 is 1.83 bits per heavy atom. The maximum atomic E-state index is 12.6. The SMILES string of the molecule is Cc1cccc(NC(=O)CNc2ccc(Cl)c(C(=O)NC3CCCCC3)c2)c1C. The highest BCUT2D eigenvalue weighted by molar-refractivity contribution is 6.34. The van der Waals surface area contributed by atoms with Crippen LogP contribution in [0.2, 0.25) is 5.02 Å². The van der Waals surface area contributed by atoms with Gasteiger partial charge in [0.25, 0.3) is 5.91 Å². The molecule has 3 rings (SSSR count). The molecule has 1 fully saturated rings. The van der Waals surface area contributed by atoms with Gasteiger partial charge in [-0.1, -0.05) is 43.0 Å². The number of nitrogens with one attached hydrogen (secondary N) is 3. The molecule has 5 nitrogen and oxygen atoms in total. The van der Waals surface area contributed by atoms with E-state index in [2.05, 4.69) is 16.0 Å². The first-order chi connectivity index (χ1) is 13.9. The molecule has 2 amide bonds. The molecular weight excluding hydrogens is 386 g/mol. The number of aryl methyl sites for hydroxylation is 1. The number of halogens is 1. The van der Waals surface area contributed by atoms with Gasteiger partial charge in [0.2, 0.25) is 5.91 Å². The number of amides is 2. The summed E-state index contributed by atoms with van der Waals surface area (Å²) in [6, 6.07) is 11.2. The fraction of sp³-hybridized carbons (Fsp3) is 0.391. The van der Waals surface area contributed by atoms with Crippen molar-refractivity contribution in [3.63, 3.8) is 0 Å². The Bertz CT molecular complexity index is 892. The summed E-state index contributed by atoms with van der Waals surface area (Å²) in [5.41, 5.74) is 4.09. The topological polar surface area (TPSA) is 70.2 Å². The van der Waals surface area contributed by atoms with Crippen LogP contribution in [0.15, 0.2) is 36.4 Å². The van der Waals surface area contributed by atoms with Crippen LogP contribution in [0.4, 0.5) is 11.4 Å². The fourth-order valence-corrected chi connectivity index (χ4v) is 3.79. The summed E-state index contributed by atoms with van der Waals surface area (Å²) in [7, 11) is 0. The van der Waals surface area contributed by atoms with Crippen LogP contribution in [0.1, 0.15) is 53.6 Å². The van der Waals surface area contributed by atoms with Gasteiger partial charge in [0.15, 0.2) is 0 Å². The van der Waals surface area contributed by atoms with Crippen LogP contribution in [-0.4, -0.2) is 24.4 Å². The maximum absolute atomic E-state index is 12.6. The van der Waals surface area contributed by atoms with Gasteiger partial charge in [0, 0.05) is 17.4 Å². The highest BCUT2D eigenvalue weighted by atomic mass is 35.5. The Morgan fingerprint density at radius 1 is 1.07 bits per heavy atom. The van der Waals surface area contributed by atoms with Gasteiger partial charge in [0.05, 0.1) is 17.1 Å². The minimum Gasteiger partial charge on any atom is -0.376 e. The zero-order chi connectivity index (χ0) is 20.8. The molecule has 6 heteroatoms. The molecule has 0 unspecified atom stereocenters. The van der Waals surface area contributed by atoms with E-state index in [9.17, 15) is 9.59 Å². The van der Waals surface area contributed by atoms with Crippen molar-refractivity contribution in [2.45, 2.75) is 52.0 Å². The van der Waals surface area contributed by atoms with Crippen molar-refractivity contribution in [3.8, 4) is 0 Å². The molecule has 1 aliphatic carbocycles. The minimum absolute atomic E-state index is 0.0959. The summed E-state index contributed by atoms with van der Waals surface area (Å²) >= 11 is 6.24. The van der Waals surface area contributed by atoms with Crippen molar-refractivity contribution in [3.05, 3.63) is 58.1 Å². The molecule has 154 valence electrons. The van der Waals surface area contributed by atoms with Crippen LogP contribution in [0.5, 0.6) is 0 Å². The van der Waals surface area contributed by atoms with E-state index in [0.717, 1.165) is 42.5 Å². The summed E-state index contributed by atoms with van der Waals surface area (Å²) in [5.74, 6) is -0.313. The lowest BCUT2D eigenvalue weighted by Gasteiger charge is -2.23. The molecule has 1 saturated carbocycles. The van der Waals surface area contributed by atoms with E-state index in [-0.39, 0.29) is 24.4 Å².